The number of likely N-dealkylation sites (tertiary alicyclic amines) is 1. The average molecular weight is 367 g/mol. The fourth-order valence-electron chi connectivity index (χ4n) is 3.37. The van der Waals surface area contributed by atoms with Gasteiger partial charge in [0.2, 0.25) is 11.8 Å². The summed E-state index contributed by atoms with van der Waals surface area (Å²) in [7, 11) is 0. The van der Waals surface area contributed by atoms with Crippen molar-refractivity contribution in [2.24, 2.45) is 11.7 Å². The van der Waals surface area contributed by atoms with Crippen LogP contribution in [0.4, 0.5) is 0 Å². The van der Waals surface area contributed by atoms with Crippen LogP contribution in [0.1, 0.15) is 41.6 Å². The lowest BCUT2D eigenvalue weighted by Gasteiger charge is -2.32. The molecule has 6 heteroatoms. The lowest BCUT2D eigenvalue weighted by Crippen LogP contribution is -2.40. The maximum absolute atomic E-state index is 12.9. The van der Waals surface area contributed by atoms with E-state index in [1.54, 1.807) is 18.3 Å². The molecule has 0 radical (unpaired) electrons. The summed E-state index contributed by atoms with van der Waals surface area (Å²) in [5.74, 6) is 0.455. The van der Waals surface area contributed by atoms with Crippen LogP contribution in [-0.2, 0) is 11.4 Å². The summed E-state index contributed by atoms with van der Waals surface area (Å²) < 4.78 is 5.72. The van der Waals surface area contributed by atoms with E-state index in [0.717, 1.165) is 31.4 Å². The third-order valence-corrected chi connectivity index (χ3v) is 4.82. The van der Waals surface area contributed by atoms with Crippen molar-refractivity contribution in [3.63, 3.8) is 0 Å². The first-order chi connectivity index (χ1) is 13.1. The van der Waals surface area contributed by atoms with Crippen LogP contribution in [0.15, 0.2) is 48.7 Å². The van der Waals surface area contributed by atoms with E-state index in [9.17, 15) is 9.59 Å². The Morgan fingerprint density at radius 2 is 2.04 bits per heavy atom. The van der Waals surface area contributed by atoms with Crippen molar-refractivity contribution in [1.82, 2.24) is 9.88 Å². The third kappa shape index (κ3) is 5.54. The first-order valence-corrected chi connectivity index (χ1v) is 9.32. The fraction of sp³-hybridized carbons (Fsp3) is 0.381. The van der Waals surface area contributed by atoms with E-state index in [4.69, 9.17) is 10.5 Å². The number of benzene rings is 1. The Bertz CT molecular complexity index is 779. The van der Waals surface area contributed by atoms with Gasteiger partial charge in [0.05, 0.1) is 0 Å². The van der Waals surface area contributed by atoms with E-state index in [0.29, 0.717) is 36.9 Å². The Labute approximate surface area is 159 Å². The van der Waals surface area contributed by atoms with Crippen molar-refractivity contribution in [1.29, 1.82) is 0 Å². The minimum absolute atomic E-state index is 0.0225. The molecule has 6 nitrogen and oxygen atoms in total. The van der Waals surface area contributed by atoms with Crippen molar-refractivity contribution in [3.05, 3.63) is 59.8 Å². The quantitative estimate of drug-likeness (QED) is 0.815. The molecule has 2 aromatic rings. The Morgan fingerprint density at radius 3 is 2.81 bits per heavy atom. The number of primary amides is 1. The monoisotopic (exact) mass is 367 g/mol. The van der Waals surface area contributed by atoms with Gasteiger partial charge in [0.25, 0.3) is 5.91 Å². The van der Waals surface area contributed by atoms with Gasteiger partial charge in [-0.15, -0.1) is 0 Å². The molecule has 0 bridgehead atoms. The SMILES string of the molecule is NC(=O)CCC1CCCN(C(=O)c2ccnc(OCc3ccccc3)c2)C1. The smallest absolute Gasteiger partial charge is 0.254 e. The molecule has 0 aliphatic carbocycles. The number of aromatic nitrogens is 1. The minimum atomic E-state index is -0.284. The molecule has 2 heterocycles. The number of nitrogens with zero attached hydrogens (tertiary/aromatic N) is 2. The Balaban J connectivity index is 1.60. The number of hydrogen-bond acceptors (Lipinski definition) is 4. The van der Waals surface area contributed by atoms with Crippen molar-refractivity contribution in [3.8, 4) is 5.88 Å². The van der Waals surface area contributed by atoms with Gasteiger partial charge in [0.15, 0.2) is 0 Å². The molecule has 1 saturated heterocycles. The van der Waals surface area contributed by atoms with Gasteiger partial charge in [-0.3, -0.25) is 9.59 Å². The number of piperidine rings is 1. The molecule has 1 atom stereocenters. The lowest BCUT2D eigenvalue weighted by molar-refractivity contribution is -0.118. The van der Waals surface area contributed by atoms with E-state index >= 15 is 0 Å². The Kier molecular flexibility index (Phi) is 6.41. The summed E-state index contributed by atoms with van der Waals surface area (Å²) in [6, 6.07) is 13.2. The minimum Gasteiger partial charge on any atom is -0.473 e. The lowest BCUT2D eigenvalue weighted by atomic mass is 9.93. The molecule has 2 amide bonds. The van der Waals surface area contributed by atoms with Gasteiger partial charge in [-0.2, -0.15) is 0 Å². The molecule has 1 aliphatic heterocycles. The molecule has 3 rings (SSSR count). The van der Waals surface area contributed by atoms with Gasteiger partial charge < -0.3 is 15.4 Å². The van der Waals surface area contributed by atoms with Gasteiger partial charge in [0.1, 0.15) is 6.61 Å². The van der Waals surface area contributed by atoms with Gasteiger partial charge in [0, 0.05) is 37.3 Å². The number of carbonyl (C=O) groups excluding carboxylic acids is 2. The fourth-order valence-corrected chi connectivity index (χ4v) is 3.37. The molecule has 0 saturated carbocycles. The second-order valence-corrected chi connectivity index (χ2v) is 6.92. The zero-order chi connectivity index (χ0) is 19.1. The number of amides is 2. The zero-order valence-corrected chi connectivity index (χ0v) is 15.3. The molecule has 1 fully saturated rings. The highest BCUT2D eigenvalue weighted by Gasteiger charge is 2.25. The third-order valence-electron chi connectivity index (χ3n) is 4.82. The maximum atomic E-state index is 12.9. The van der Waals surface area contributed by atoms with Crippen LogP contribution in [0, 0.1) is 5.92 Å². The van der Waals surface area contributed by atoms with Crippen LogP contribution in [0.3, 0.4) is 0 Å². The summed E-state index contributed by atoms with van der Waals surface area (Å²) in [6.07, 6.45) is 4.68. The highest BCUT2D eigenvalue weighted by molar-refractivity contribution is 5.94. The predicted molar refractivity (Wildman–Crippen MR) is 102 cm³/mol. The van der Waals surface area contributed by atoms with Crippen LogP contribution in [0.25, 0.3) is 0 Å². The van der Waals surface area contributed by atoms with Crippen molar-refractivity contribution < 1.29 is 14.3 Å². The Morgan fingerprint density at radius 1 is 1.22 bits per heavy atom. The molecule has 142 valence electrons. The number of hydrogen-bond donors (Lipinski definition) is 1. The van der Waals surface area contributed by atoms with Crippen LogP contribution >= 0.6 is 0 Å². The summed E-state index contributed by atoms with van der Waals surface area (Å²) in [5, 5.41) is 0. The van der Waals surface area contributed by atoms with E-state index in [1.165, 1.54) is 0 Å². The van der Waals surface area contributed by atoms with Gasteiger partial charge in [-0.1, -0.05) is 30.3 Å². The van der Waals surface area contributed by atoms with E-state index in [-0.39, 0.29) is 11.8 Å². The summed E-state index contributed by atoms with van der Waals surface area (Å²) >= 11 is 0. The standard InChI is InChI=1S/C21H25N3O3/c22-19(25)9-8-16-7-4-12-24(14-16)21(26)18-10-11-23-20(13-18)27-15-17-5-2-1-3-6-17/h1-3,5-6,10-11,13,16H,4,7-9,12,14-15H2,(H2,22,25). The molecule has 1 aromatic heterocycles. The first kappa shape index (κ1) is 18.9. The normalized spacial score (nSPS) is 16.7. The highest BCUT2D eigenvalue weighted by atomic mass is 16.5. The van der Waals surface area contributed by atoms with Gasteiger partial charge >= 0.3 is 0 Å². The van der Waals surface area contributed by atoms with Crippen LogP contribution in [0.5, 0.6) is 5.88 Å². The van der Waals surface area contributed by atoms with Crippen LogP contribution < -0.4 is 10.5 Å². The average Bonchev–Trinajstić information content (AvgIpc) is 2.71. The van der Waals surface area contributed by atoms with E-state index < -0.39 is 0 Å². The number of ether oxygens (including phenoxy) is 1. The van der Waals surface area contributed by atoms with Gasteiger partial charge in [-0.05, 0) is 36.8 Å². The predicted octanol–water partition coefficient (Wildman–Crippen LogP) is 2.78. The summed E-state index contributed by atoms with van der Waals surface area (Å²) in [6.45, 7) is 1.80. The second-order valence-electron chi connectivity index (χ2n) is 6.92. The molecule has 0 spiro atoms. The topological polar surface area (TPSA) is 85.5 Å². The first-order valence-electron chi connectivity index (χ1n) is 9.32. The molecular weight excluding hydrogens is 342 g/mol. The van der Waals surface area contributed by atoms with Gasteiger partial charge in [-0.25, -0.2) is 4.98 Å². The molecule has 1 aromatic carbocycles. The molecule has 2 N–H and O–H groups in total. The Hall–Kier alpha value is -2.89. The maximum Gasteiger partial charge on any atom is 0.254 e. The van der Waals surface area contributed by atoms with Crippen molar-refractivity contribution in [2.75, 3.05) is 13.1 Å². The highest BCUT2D eigenvalue weighted by Crippen LogP contribution is 2.23. The molecule has 27 heavy (non-hydrogen) atoms. The van der Waals surface area contributed by atoms with Crippen LogP contribution in [-0.4, -0.2) is 34.8 Å². The largest absolute Gasteiger partial charge is 0.473 e. The summed E-state index contributed by atoms with van der Waals surface area (Å²) in [4.78, 5) is 29.9. The van der Waals surface area contributed by atoms with Crippen molar-refractivity contribution in [2.45, 2.75) is 32.3 Å². The number of rotatable bonds is 7. The molecular formula is C21H25N3O3. The van der Waals surface area contributed by atoms with E-state index in [2.05, 4.69) is 4.98 Å². The molecule has 1 unspecified atom stereocenters. The van der Waals surface area contributed by atoms with Crippen LogP contribution in [0.2, 0.25) is 0 Å². The zero-order valence-electron chi connectivity index (χ0n) is 15.3. The van der Waals surface area contributed by atoms with Crippen molar-refractivity contribution >= 4 is 11.8 Å². The number of nitrogens with two attached hydrogens (primary N) is 1. The molecule has 1 aliphatic rings. The number of carbonyl (C=O) groups is 2. The number of pyridine rings is 1. The second kappa shape index (κ2) is 9.16. The van der Waals surface area contributed by atoms with E-state index in [1.807, 2.05) is 35.2 Å². The summed E-state index contributed by atoms with van der Waals surface area (Å²) in [5.41, 5.74) is 6.86.